The molecule has 0 aliphatic rings. The van der Waals surface area contributed by atoms with Crippen LogP contribution in [-0.4, -0.2) is 0 Å². The molecule has 0 saturated carbocycles. The Labute approximate surface area is 81.3 Å². The molecule has 0 unspecified atom stereocenters. The van der Waals surface area contributed by atoms with E-state index >= 15 is 0 Å². The Hall–Kier alpha value is 0.440. The van der Waals surface area contributed by atoms with E-state index in [1.54, 1.807) is 18.2 Å². The number of hydrogen-bond donors (Lipinski definition) is 1. The summed E-state index contributed by atoms with van der Waals surface area (Å²) in [5.74, 6) is 0. The van der Waals surface area contributed by atoms with Crippen molar-refractivity contribution in [2.45, 2.75) is 4.90 Å². The summed E-state index contributed by atoms with van der Waals surface area (Å²) in [7, 11) is 0. The molecular formula is C6H5Cl3S. The van der Waals surface area contributed by atoms with Gasteiger partial charge in [-0.1, -0.05) is 29.3 Å². The highest BCUT2D eigenvalue weighted by Gasteiger charge is 1.97. The fraction of sp³-hybridized carbons (Fsp3) is 0. The van der Waals surface area contributed by atoms with E-state index in [1.165, 1.54) is 0 Å². The maximum Gasteiger partial charge on any atom is 0.0725 e. The van der Waals surface area contributed by atoms with Gasteiger partial charge in [0.2, 0.25) is 0 Å². The third-order valence-corrected chi connectivity index (χ3v) is 2.25. The van der Waals surface area contributed by atoms with Crippen molar-refractivity contribution in [2.75, 3.05) is 0 Å². The fourth-order valence-corrected chi connectivity index (χ4v) is 1.07. The van der Waals surface area contributed by atoms with Crippen molar-refractivity contribution in [1.82, 2.24) is 0 Å². The van der Waals surface area contributed by atoms with Crippen molar-refractivity contribution in [2.24, 2.45) is 0 Å². The summed E-state index contributed by atoms with van der Waals surface area (Å²) in [6.07, 6.45) is 0. The first-order valence-electron chi connectivity index (χ1n) is 2.35. The van der Waals surface area contributed by atoms with Gasteiger partial charge in [-0.3, -0.25) is 0 Å². The van der Waals surface area contributed by atoms with Crippen LogP contribution in [0.15, 0.2) is 23.1 Å². The second-order valence-corrected chi connectivity index (χ2v) is 2.84. The standard InChI is InChI=1S/C6H4Cl2S.ClH/c7-4-2-1-3-5(9)6(4)8;/h1-3,9H;1H. The molecule has 56 valence electrons. The lowest BCUT2D eigenvalue weighted by atomic mass is 10.4. The van der Waals surface area contributed by atoms with E-state index in [4.69, 9.17) is 23.2 Å². The van der Waals surface area contributed by atoms with E-state index in [1.807, 2.05) is 0 Å². The van der Waals surface area contributed by atoms with Gasteiger partial charge >= 0.3 is 0 Å². The van der Waals surface area contributed by atoms with Crippen molar-refractivity contribution < 1.29 is 0 Å². The largest absolute Gasteiger partial charge is 0.147 e. The minimum absolute atomic E-state index is 0. The number of halogens is 3. The number of benzene rings is 1. The molecule has 0 aromatic heterocycles. The van der Waals surface area contributed by atoms with Gasteiger partial charge in [-0.2, -0.15) is 0 Å². The summed E-state index contributed by atoms with van der Waals surface area (Å²) < 4.78 is 0. The minimum Gasteiger partial charge on any atom is -0.147 e. The van der Waals surface area contributed by atoms with Crippen molar-refractivity contribution in [3.8, 4) is 0 Å². The Morgan fingerprint density at radius 2 is 1.80 bits per heavy atom. The summed E-state index contributed by atoms with van der Waals surface area (Å²) in [5, 5.41) is 1.06. The average molecular weight is 216 g/mol. The lowest BCUT2D eigenvalue weighted by Crippen LogP contribution is -1.68. The molecule has 0 aliphatic carbocycles. The van der Waals surface area contributed by atoms with Crippen LogP contribution in [-0.2, 0) is 0 Å². The summed E-state index contributed by atoms with van der Waals surface area (Å²) in [6.45, 7) is 0. The molecule has 0 radical (unpaired) electrons. The summed E-state index contributed by atoms with van der Waals surface area (Å²) >= 11 is 15.4. The molecule has 0 amide bonds. The second-order valence-electron chi connectivity index (χ2n) is 1.57. The first-order valence-corrected chi connectivity index (χ1v) is 3.55. The summed E-state index contributed by atoms with van der Waals surface area (Å²) in [6, 6.07) is 5.32. The van der Waals surface area contributed by atoms with Crippen LogP contribution in [0.5, 0.6) is 0 Å². The molecular weight excluding hydrogens is 210 g/mol. The van der Waals surface area contributed by atoms with Crippen molar-refractivity contribution in [3.05, 3.63) is 28.2 Å². The van der Waals surface area contributed by atoms with E-state index < -0.39 is 0 Å². The predicted molar refractivity (Wildman–Crippen MR) is 51.0 cm³/mol. The Balaban J connectivity index is 0.000000810. The molecule has 0 aliphatic heterocycles. The topological polar surface area (TPSA) is 0 Å². The molecule has 0 heterocycles. The van der Waals surface area contributed by atoms with Gasteiger partial charge in [-0.05, 0) is 12.1 Å². The lowest BCUT2D eigenvalue weighted by Gasteiger charge is -1.95. The molecule has 4 heteroatoms. The Morgan fingerprint density at radius 3 is 2.20 bits per heavy atom. The first-order chi connectivity index (χ1) is 4.22. The van der Waals surface area contributed by atoms with Crippen LogP contribution in [0.1, 0.15) is 0 Å². The van der Waals surface area contributed by atoms with E-state index in [-0.39, 0.29) is 12.4 Å². The Bertz CT molecular complexity index is 204. The maximum absolute atomic E-state index is 5.67. The molecule has 1 rings (SSSR count). The monoisotopic (exact) mass is 214 g/mol. The van der Waals surface area contributed by atoms with Gasteiger partial charge < -0.3 is 0 Å². The number of thiol groups is 1. The average Bonchev–Trinajstić information content (AvgIpc) is 1.83. The molecule has 0 atom stereocenters. The van der Waals surface area contributed by atoms with Crippen molar-refractivity contribution in [3.63, 3.8) is 0 Å². The smallest absolute Gasteiger partial charge is 0.0725 e. The van der Waals surface area contributed by atoms with Crippen LogP contribution in [0.25, 0.3) is 0 Å². The number of hydrogen-bond acceptors (Lipinski definition) is 1. The molecule has 0 N–H and O–H groups in total. The zero-order valence-corrected chi connectivity index (χ0v) is 8.07. The van der Waals surface area contributed by atoms with Crippen LogP contribution >= 0.6 is 48.2 Å². The van der Waals surface area contributed by atoms with Gasteiger partial charge in [0.15, 0.2) is 0 Å². The fourth-order valence-electron chi connectivity index (χ4n) is 0.492. The SMILES string of the molecule is Cl.Sc1cccc(Cl)c1Cl. The summed E-state index contributed by atoms with van der Waals surface area (Å²) in [5.41, 5.74) is 0. The third-order valence-electron chi connectivity index (χ3n) is 0.931. The highest BCUT2D eigenvalue weighted by molar-refractivity contribution is 7.80. The van der Waals surface area contributed by atoms with Crippen molar-refractivity contribution in [1.29, 1.82) is 0 Å². The number of rotatable bonds is 0. The van der Waals surface area contributed by atoms with Crippen LogP contribution in [0, 0.1) is 0 Å². The zero-order chi connectivity index (χ0) is 6.85. The maximum atomic E-state index is 5.67. The normalized spacial score (nSPS) is 8.70. The van der Waals surface area contributed by atoms with Crippen LogP contribution in [0.4, 0.5) is 0 Å². The Kier molecular flexibility index (Phi) is 4.54. The van der Waals surface area contributed by atoms with Gasteiger partial charge in [0.05, 0.1) is 10.0 Å². The third kappa shape index (κ3) is 2.24. The molecule has 0 bridgehead atoms. The van der Waals surface area contributed by atoms with Crippen LogP contribution < -0.4 is 0 Å². The first kappa shape index (κ1) is 10.4. The highest BCUT2D eigenvalue weighted by Crippen LogP contribution is 2.27. The van der Waals surface area contributed by atoms with Crippen LogP contribution in [0.3, 0.4) is 0 Å². The Morgan fingerprint density at radius 1 is 1.20 bits per heavy atom. The predicted octanol–water partition coefficient (Wildman–Crippen LogP) is 3.70. The van der Waals surface area contributed by atoms with E-state index in [9.17, 15) is 0 Å². The van der Waals surface area contributed by atoms with E-state index in [0.717, 1.165) is 0 Å². The molecule has 0 nitrogen and oxygen atoms in total. The van der Waals surface area contributed by atoms with Gasteiger partial charge in [0, 0.05) is 4.90 Å². The molecule has 10 heavy (non-hydrogen) atoms. The molecule has 0 spiro atoms. The quantitative estimate of drug-likeness (QED) is 0.627. The van der Waals surface area contributed by atoms with E-state index in [0.29, 0.717) is 14.9 Å². The van der Waals surface area contributed by atoms with E-state index in [2.05, 4.69) is 12.6 Å². The van der Waals surface area contributed by atoms with Gasteiger partial charge in [-0.25, -0.2) is 0 Å². The molecule has 1 aromatic carbocycles. The van der Waals surface area contributed by atoms with Crippen LogP contribution in [0.2, 0.25) is 10.0 Å². The second kappa shape index (κ2) is 4.35. The van der Waals surface area contributed by atoms with Crippen molar-refractivity contribution >= 4 is 48.2 Å². The zero-order valence-electron chi connectivity index (χ0n) is 4.84. The lowest BCUT2D eigenvalue weighted by molar-refractivity contribution is 1.48. The minimum atomic E-state index is 0. The molecule has 1 aromatic rings. The molecule has 0 saturated heterocycles. The molecule has 0 fully saturated rings. The van der Waals surface area contributed by atoms with Gasteiger partial charge in [0.1, 0.15) is 0 Å². The highest BCUT2D eigenvalue weighted by atomic mass is 35.5. The van der Waals surface area contributed by atoms with Gasteiger partial charge in [0.25, 0.3) is 0 Å². The van der Waals surface area contributed by atoms with Gasteiger partial charge in [-0.15, -0.1) is 25.0 Å². The summed E-state index contributed by atoms with van der Waals surface area (Å²) in [4.78, 5) is 0.712.